The van der Waals surface area contributed by atoms with Crippen molar-refractivity contribution in [3.8, 4) is 0 Å². The van der Waals surface area contributed by atoms with Crippen molar-refractivity contribution >= 4 is 5.84 Å². The molecule has 0 aromatic rings. The highest BCUT2D eigenvalue weighted by Crippen LogP contribution is 2.09. The van der Waals surface area contributed by atoms with Crippen molar-refractivity contribution in [1.82, 2.24) is 4.90 Å². The molecule has 0 bridgehead atoms. The normalized spacial score (nSPS) is 11.4. The molecule has 0 aromatic carbocycles. The maximum absolute atomic E-state index is 7.29. The molecule has 0 saturated heterocycles. The van der Waals surface area contributed by atoms with Crippen LogP contribution in [0.4, 0.5) is 0 Å². The zero-order valence-electron chi connectivity index (χ0n) is 12.7. The molecule has 3 heteroatoms. The van der Waals surface area contributed by atoms with Crippen LogP contribution >= 0.6 is 0 Å². The number of hydrogen-bond donors (Lipinski definition) is 2. The summed E-state index contributed by atoms with van der Waals surface area (Å²) in [6.07, 6.45) is 10.2. The lowest BCUT2D eigenvalue weighted by Gasteiger charge is -2.26. The quantitative estimate of drug-likeness (QED) is 0.317. The van der Waals surface area contributed by atoms with Crippen molar-refractivity contribution in [2.24, 2.45) is 5.73 Å². The molecule has 0 fully saturated rings. The maximum atomic E-state index is 7.29. The van der Waals surface area contributed by atoms with E-state index in [0.29, 0.717) is 18.3 Å². The van der Waals surface area contributed by atoms with Gasteiger partial charge >= 0.3 is 0 Å². The molecule has 0 aliphatic carbocycles. The Balaban J connectivity index is 3.55. The third-order valence-electron chi connectivity index (χ3n) is 3.45. The molecule has 0 aromatic heterocycles. The summed E-state index contributed by atoms with van der Waals surface area (Å²) in [6.45, 7) is 8.79. The van der Waals surface area contributed by atoms with Crippen molar-refractivity contribution in [3.63, 3.8) is 0 Å². The van der Waals surface area contributed by atoms with Gasteiger partial charge in [-0.2, -0.15) is 0 Å². The molecule has 0 aliphatic heterocycles. The van der Waals surface area contributed by atoms with Crippen LogP contribution in [0.2, 0.25) is 0 Å². The van der Waals surface area contributed by atoms with Crippen molar-refractivity contribution in [1.29, 1.82) is 5.41 Å². The first-order chi connectivity index (χ1) is 8.57. The second-order valence-electron chi connectivity index (χ2n) is 5.53. The smallest absolute Gasteiger partial charge is 0.0918 e. The first kappa shape index (κ1) is 17.4. The van der Waals surface area contributed by atoms with E-state index < -0.39 is 0 Å². The first-order valence-electron chi connectivity index (χ1n) is 7.64. The number of unbranched alkanes of at least 4 members (excludes halogenated alkanes) is 6. The average Bonchev–Trinajstić information content (AvgIpc) is 2.31. The van der Waals surface area contributed by atoms with E-state index >= 15 is 0 Å². The number of amidine groups is 1. The van der Waals surface area contributed by atoms with Crippen LogP contribution in [-0.4, -0.2) is 29.9 Å². The minimum Gasteiger partial charge on any atom is -0.388 e. The highest BCUT2D eigenvalue weighted by molar-refractivity contribution is 5.76. The molecule has 3 N–H and O–H groups in total. The monoisotopic (exact) mass is 255 g/mol. The summed E-state index contributed by atoms with van der Waals surface area (Å²) >= 11 is 0. The van der Waals surface area contributed by atoms with E-state index in [1.54, 1.807) is 0 Å². The Labute approximate surface area is 114 Å². The number of nitrogens with two attached hydrogens (primary N) is 1. The van der Waals surface area contributed by atoms with Gasteiger partial charge in [-0.25, -0.2) is 0 Å². The van der Waals surface area contributed by atoms with Crippen molar-refractivity contribution < 1.29 is 0 Å². The summed E-state index contributed by atoms with van der Waals surface area (Å²) in [7, 11) is 0. The molecule has 0 heterocycles. The lowest BCUT2D eigenvalue weighted by atomic mass is 10.1. The molecule has 0 radical (unpaired) electrons. The SMILES string of the molecule is CCCCCCCCCN(CCC(=N)N)C(C)C. The van der Waals surface area contributed by atoms with E-state index in [4.69, 9.17) is 11.1 Å². The predicted octanol–water partition coefficient (Wildman–Crippen LogP) is 3.77. The lowest BCUT2D eigenvalue weighted by Crippen LogP contribution is -2.34. The van der Waals surface area contributed by atoms with E-state index in [1.807, 2.05) is 0 Å². The number of nitrogens with zero attached hydrogens (tertiary/aromatic N) is 1. The third-order valence-corrected chi connectivity index (χ3v) is 3.45. The van der Waals surface area contributed by atoms with Gasteiger partial charge in [0.2, 0.25) is 0 Å². The largest absolute Gasteiger partial charge is 0.388 e. The van der Waals surface area contributed by atoms with Gasteiger partial charge in [0, 0.05) is 19.0 Å². The Bertz CT molecular complexity index is 202. The van der Waals surface area contributed by atoms with Crippen LogP contribution < -0.4 is 5.73 Å². The average molecular weight is 255 g/mol. The zero-order chi connectivity index (χ0) is 13.8. The Morgan fingerprint density at radius 3 is 2.06 bits per heavy atom. The van der Waals surface area contributed by atoms with Crippen LogP contribution in [0.1, 0.15) is 72.1 Å². The second-order valence-corrected chi connectivity index (χ2v) is 5.53. The Hall–Kier alpha value is -0.570. The van der Waals surface area contributed by atoms with Gasteiger partial charge in [-0.1, -0.05) is 45.4 Å². The molecular weight excluding hydrogens is 222 g/mol. The van der Waals surface area contributed by atoms with Crippen LogP contribution in [0, 0.1) is 5.41 Å². The Morgan fingerprint density at radius 1 is 1.00 bits per heavy atom. The van der Waals surface area contributed by atoms with Crippen LogP contribution in [0.5, 0.6) is 0 Å². The molecule has 0 saturated carbocycles. The van der Waals surface area contributed by atoms with Gasteiger partial charge in [-0.15, -0.1) is 0 Å². The van der Waals surface area contributed by atoms with E-state index in [-0.39, 0.29) is 0 Å². The van der Waals surface area contributed by atoms with Gasteiger partial charge in [0.25, 0.3) is 0 Å². The van der Waals surface area contributed by atoms with E-state index in [9.17, 15) is 0 Å². The molecule has 108 valence electrons. The summed E-state index contributed by atoms with van der Waals surface area (Å²) < 4.78 is 0. The van der Waals surface area contributed by atoms with Crippen molar-refractivity contribution in [2.75, 3.05) is 13.1 Å². The molecule has 0 unspecified atom stereocenters. The maximum Gasteiger partial charge on any atom is 0.0918 e. The van der Waals surface area contributed by atoms with Crippen molar-refractivity contribution in [2.45, 2.75) is 78.2 Å². The fourth-order valence-corrected chi connectivity index (χ4v) is 2.16. The predicted molar refractivity (Wildman–Crippen MR) is 81.2 cm³/mol. The molecule has 0 atom stereocenters. The highest BCUT2D eigenvalue weighted by Gasteiger charge is 2.08. The van der Waals surface area contributed by atoms with E-state index in [2.05, 4.69) is 25.7 Å². The highest BCUT2D eigenvalue weighted by atomic mass is 15.1. The first-order valence-corrected chi connectivity index (χ1v) is 7.64. The molecule has 18 heavy (non-hydrogen) atoms. The summed E-state index contributed by atoms with van der Waals surface area (Å²) in [5, 5.41) is 7.29. The summed E-state index contributed by atoms with van der Waals surface area (Å²) in [5.74, 6) is 0.306. The third kappa shape index (κ3) is 10.6. The van der Waals surface area contributed by atoms with Crippen LogP contribution in [0.3, 0.4) is 0 Å². The van der Waals surface area contributed by atoms with Crippen LogP contribution in [0.15, 0.2) is 0 Å². The van der Waals surface area contributed by atoms with Gasteiger partial charge in [0.1, 0.15) is 0 Å². The van der Waals surface area contributed by atoms with E-state index in [1.165, 1.54) is 44.9 Å². The Morgan fingerprint density at radius 2 is 1.56 bits per heavy atom. The molecular formula is C15H33N3. The van der Waals surface area contributed by atoms with Crippen LogP contribution in [-0.2, 0) is 0 Å². The minimum absolute atomic E-state index is 0.306. The van der Waals surface area contributed by atoms with Gasteiger partial charge in [-0.3, -0.25) is 5.41 Å². The molecule has 0 amide bonds. The van der Waals surface area contributed by atoms with Gasteiger partial charge in [0.05, 0.1) is 5.84 Å². The van der Waals surface area contributed by atoms with Gasteiger partial charge in [-0.05, 0) is 26.8 Å². The Kier molecular flexibility index (Phi) is 11.2. The molecule has 3 nitrogen and oxygen atoms in total. The fraction of sp³-hybridized carbons (Fsp3) is 0.933. The summed E-state index contributed by atoms with van der Waals surface area (Å²) in [6, 6.07) is 0.560. The standard InChI is InChI=1S/C15H33N3/c1-4-5-6-7-8-9-10-12-18(14(2)3)13-11-15(16)17/h14H,4-13H2,1-3H3,(H3,16,17). The van der Waals surface area contributed by atoms with Crippen LogP contribution in [0.25, 0.3) is 0 Å². The minimum atomic E-state index is 0.306. The van der Waals surface area contributed by atoms with E-state index in [0.717, 1.165) is 13.1 Å². The molecule has 0 spiro atoms. The topological polar surface area (TPSA) is 53.1 Å². The van der Waals surface area contributed by atoms with Crippen molar-refractivity contribution in [3.05, 3.63) is 0 Å². The summed E-state index contributed by atoms with van der Waals surface area (Å²) in [4.78, 5) is 2.44. The number of nitrogens with one attached hydrogen (secondary N) is 1. The second kappa shape index (κ2) is 11.5. The molecule has 0 aliphatic rings. The summed E-state index contributed by atoms with van der Waals surface area (Å²) in [5.41, 5.74) is 5.42. The number of rotatable bonds is 12. The fourth-order valence-electron chi connectivity index (χ4n) is 2.16. The lowest BCUT2D eigenvalue weighted by molar-refractivity contribution is 0.222. The number of hydrogen-bond acceptors (Lipinski definition) is 2. The van der Waals surface area contributed by atoms with Gasteiger partial charge < -0.3 is 10.6 Å². The zero-order valence-corrected chi connectivity index (χ0v) is 12.7. The van der Waals surface area contributed by atoms with Gasteiger partial charge in [0.15, 0.2) is 0 Å². The molecule has 0 rings (SSSR count).